The molecule has 0 aliphatic carbocycles. The first-order valence-corrected chi connectivity index (χ1v) is 7.90. The molecule has 0 radical (unpaired) electrons. The number of rotatable bonds is 4. The summed E-state index contributed by atoms with van der Waals surface area (Å²) in [5, 5.41) is 0. The fraction of sp³-hybridized carbons (Fsp3) is 0.412. The number of amides is 1. The minimum atomic E-state index is -0.429. The van der Waals surface area contributed by atoms with E-state index in [1.807, 2.05) is 35.2 Å². The van der Waals surface area contributed by atoms with Crippen molar-refractivity contribution in [3.63, 3.8) is 0 Å². The highest BCUT2D eigenvalue weighted by Crippen LogP contribution is 2.20. The van der Waals surface area contributed by atoms with E-state index < -0.39 is 6.04 Å². The van der Waals surface area contributed by atoms with Crippen LogP contribution in [-0.2, 0) is 11.3 Å². The molecule has 0 spiro atoms. The number of halogens is 1. The van der Waals surface area contributed by atoms with Gasteiger partial charge in [-0.15, -0.1) is 12.4 Å². The molecule has 1 saturated heterocycles. The molecule has 1 unspecified atom stereocenters. The lowest BCUT2D eigenvalue weighted by Crippen LogP contribution is -2.52. The van der Waals surface area contributed by atoms with Gasteiger partial charge in [0.2, 0.25) is 11.8 Å². The first-order valence-electron chi connectivity index (χ1n) is 7.90. The summed E-state index contributed by atoms with van der Waals surface area (Å²) in [5.41, 5.74) is 6.68. The normalized spacial score (nSPS) is 16.5. The number of piperazine rings is 1. The third kappa shape index (κ3) is 4.35. The molecule has 0 saturated carbocycles. The Labute approximate surface area is 148 Å². The van der Waals surface area contributed by atoms with E-state index in [4.69, 9.17) is 10.2 Å². The molecule has 7 heteroatoms. The topological polar surface area (TPSA) is 75.6 Å². The Morgan fingerprint density at radius 3 is 2.54 bits per heavy atom. The average Bonchev–Trinajstić information content (AvgIpc) is 3.04. The fourth-order valence-corrected chi connectivity index (χ4v) is 2.72. The highest BCUT2D eigenvalue weighted by molar-refractivity contribution is 5.85. The van der Waals surface area contributed by atoms with Crippen LogP contribution in [0.15, 0.2) is 40.9 Å². The smallest absolute Gasteiger partial charge is 0.239 e. The van der Waals surface area contributed by atoms with Gasteiger partial charge in [0.1, 0.15) is 0 Å². The van der Waals surface area contributed by atoms with Crippen LogP contribution in [0.5, 0.6) is 0 Å². The maximum atomic E-state index is 11.9. The maximum Gasteiger partial charge on any atom is 0.239 e. The molecule has 1 atom stereocenters. The molecule has 2 aromatic rings. The summed E-state index contributed by atoms with van der Waals surface area (Å²) >= 11 is 0. The monoisotopic (exact) mass is 350 g/mol. The summed E-state index contributed by atoms with van der Waals surface area (Å²) in [7, 11) is 0. The lowest BCUT2D eigenvalue weighted by atomic mass is 10.2. The van der Waals surface area contributed by atoms with Crippen LogP contribution in [0.1, 0.15) is 12.8 Å². The Balaban J connectivity index is 0.00000208. The molecule has 3 rings (SSSR count). The minimum Gasteiger partial charge on any atom is -0.439 e. The van der Waals surface area contributed by atoms with Crippen molar-refractivity contribution in [2.75, 3.05) is 26.2 Å². The van der Waals surface area contributed by atoms with E-state index in [1.54, 1.807) is 13.1 Å². The van der Waals surface area contributed by atoms with Gasteiger partial charge in [0, 0.05) is 31.7 Å². The summed E-state index contributed by atoms with van der Waals surface area (Å²) in [5.74, 6) is 1.51. The van der Waals surface area contributed by atoms with Crippen molar-refractivity contribution in [3.05, 3.63) is 42.4 Å². The number of hydrogen-bond donors (Lipinski definition) is 1. The predicted octanol–water partition coefficient (Wildman–Crippen LogP) is 1.75. The molecule has 1 amide bonds. The number of oxazole rings is 1. The number of benzene rings is 1. The van der Waals surface area contributed by atoms with Crippen molar-refractivity contribution >= 4 is 18.3 Å². The molecule has 2 heterocycles. The Morgan fingerprint density at radius 1 is 1.25 bits per heavy atom. The number of nitrogens with zero attached hydrogens (tertiary/aromatic N) is 3. The van der Waals surface area contributed by atoms with Crippen LogP contribution >= 0.6 is 12.4 Å². The zero-order valence-electron chi connectivity index (χ0n) is 13.7. The third-order valence-electron chi connectivity index (χ3n) is 4.04. The molecule has 0 bridgehead atoms. The van der Waals surface area contributed by atoms with E-state index in [2.05, 4.69) is 9.88 Å². The van der Waals surface area contributed by atoms with Gasteiger partial charge in [0.25, 0.3) is 0 Å². The molecule has 1 fully saturated rings. The standard InChI is InChI=1S/C17H22N4O2.ClH/c1-13(18)17(22)21-9-7-20(8-10-21)12-16-19-11-15(23-16)14-5-3-2-4-6-14;/h2-6,11,13H,7-10,12,18H2,1H3;1H. The van der Waals surface area contributed by atoms with Crippen molar-refractivity contribution < 1.29 is 9.21 Å². The summed E-state index contributed by atoms with van der Waals surface area (Å²) in [6.07, 6.45) is 1.76. The minimum absolute atomic E-state index is 0. The number of hydrogen-bond acceptors (Lipinski definition) is 5. The SMILES string of the molecule is CC(N)C(=O)N1CCN(Cc2ncc(-c3ccccc3)o2)CC1.Cl. The fourth-order valence-electron chi connectivity index (χ4n) is 2.72. The lowest BCUT2D eigenvalue weighted by Gasteiger charge is -2.34. The zero-order chi connectivity index (χ0) is 16.2. The van der Waals surface area contributed by atoms with E-state index in [0.717, 1.165) is 24.4 Å². The summed E-state index contributed by atoms with van der Waals surface area (Å²) < 4.78 is 5.83. The van der Waals surface area contributed by atoms with Crippen LogP contribution in [-0.4, -0.2) is 52.9 Å². The van der Waals surface area contributed by atoms with Gasteiger partial charge >= 0.3 is 0 Å². The highest BCUT2D eigenvalue weighted by atomic mass is 35.5. The third-order valence-corrected chi connectivity index (χ3v) is 4.04. The van der Waals surface area contributed by atoms with Crippen molar-refractivity contribution in [3.8, 4) is 11.3 Å². The first kappa shape index (κ1) is 18.4. The van der Waals surface area contributed by atoms with Gasteiger partial charge in [-0.3, -0.25) is 9.69 Å². The zero-order valence-corrected chi connectivity index (χ0v) is 14.5. The molecule has 1 aliphatic rings. The summed E-state index contributed by atoms with van der Waals surface area (Å²) in [4.78, 5) is 20.3. The average molecular weight is 351 g/mol. The van der Waals surface area contributed by atoms with Gasteiger partial charge in [-0.1, -0.05) is 30.3 Å². The number of carbonyl (C=O) groups excluding carboxylic acids is 1. The van der Waals surface area contributed by atoms with Gasteiger partial charge in [0.05, 0.1) is 18.8 Å². The first-order chi connectivity index (χ1) is 11.1. The van der Waals surface area contributed by atoms with Crippen LogP contribution in [0.2, 0.25) is 0 Å². The Bertz CT molecular complexity index is 652. The Hall–Kier alpha value is -1.89. The van der Waals surface area contributed by atoms with Gasteiger partial charge in [-0.2, -0.15) is 0 Å². The molecule has 2 N–H and O–H groups in total. The van der Waals surface area contributed by atoms with E-state index in [0.29, 0.717) is 25.5 Å². The Morgan fingerprint density at radius 2 is 1.92 bits per heavy atom. The van der Waals surface area contributed by atoms with Crippen LogP contribution in [0.3, 0.4) is 0 Å². The van der Waals surface area contributed by atoms with Crippen LogP contribution in [0, 0.1) is 0 Å². The number of nitrogens with two attached hydrogens (primary N) is 1. The summed E-state index contributed by atoms with van der Waals surface area (Å²) in [6.45, 7) is 5.40. The van der Waals surface area contributed by atoms with Crippen LogP contribution in [0.25, 0.3) is 11.3 Å². The Kier molecular flexibility index (Phi) is 6.36. The quantitative estimate of drug-likeness (QED) is 0.909. The number of carbonyl (C=O) groups is 1. The van der Waals surface area contributed by atoms with Gasteiger partial charge in [-0.25, -0.2) is 4.98 Å². The predicted molar refractivity (Wildman–Crippen MR) is 94.7 cm³/mol. The number of aromatic nitrogens is 1. The second kappa shape index (κ2) is 8.28. The van der Waals surface area contributed by atoms with Crippen molar-refractivity contribution in [2.24, 2.45) is 5.73 Å². The molecular weight excluding hydrogens is 328 g/mol. The molecular formula is C17H23ClN4O2. The molecule has 6 nitrogen and oxygen atoms in total. The van der Waals surface area contributed by atoms with E-state index in [9.17, 15) is 4.79 Å². The molecule has 1 aromatic heterocycles. The summed E-state index contributed by atoms with van der Waals surface area (Å²) in [6, 6.07) is 9.51. The van der Waals surface area contributed by atoms with Crippen molar-refractivity contribution in [1.29, 1.82) is 0 Å². The lowest BCUT2D eigenvalue weighted by molar-refractivity contribution is -0.134. The van der Waals surface area contributed by atoms with Gasteiger partial charge in [-0.05, 0) is 6.92 Å². The van der Waals surface area contributed by atoms with Crippen molar-refractivity contribution in [2.45, 2.75) is 19.5 Å². The molecule has 1 aliphatic heterocycles. The molecule has 24 heavy (non-hydrogen) atoms. The highest BCUT2D eigenvalue weighted by Gasteiger charge is 2.23. The second-order valence-electron chi connectivity index (χ2n) is 5.87. The second-order valence-corrected chi connectivity index (χ2v) is 5.87. The maximum absolute atomic E-state index is 11.9. The van der Waals surface area contributed by atoms with E-state index in [1.165, 1.54) is 0 Å². The van der Waals surface area contributed by atoms with Crippen LogP contribution < -0.4 is 5.73 Å². The van der Waals surface area contributed by atoms with E-state index >= 15 is 0 Å². The van der Waals surface area contributed by atoms with Gasteiger partial charge < -0.3 is 15.1 Å². The van der Waals surface area contributed by atoms with E-state index in [-0.39, 0.29) is 18.3 Å². The molecule has 130 valence electrons. The molecule has 1 aromatic carbocycles. The largest absolute Gasteiger partial charge is 0.439 e. The van der Waals surface area contributed by atoms with Gasteiger partial charge in [0.15, 0.2) is 5.76 Å². The van der Waals surface area contributed by atoms with Crippen molar-refractivity contribution in [1.82, 2.24) is 14.8 Å². The van der Waals surface area contributed by atoms with Crippen LogP contribution in [0.4, 0.5) is 0 Å².